The van der Waals surface area contributed by atoms with Crippen LogP contribution < -0.4 is 21.5 Å². The number of pyridine rings is 1. The van der Waals surface area contributed by atoms with E-state index in [4.69, 9.17) is 5.26 Å². The third-order valence-corrected chi connectivity index (χ3v) is 6.04. The third-order valence-electron chi connectivity index (χ3n) is 6.04. The number of aromatic nitrogens is 1. The van der Waals surface area contributed by atoms with Gasteiger partial charge in [-0.15, -0.1) is 0 Å². The van der Waals surface area contributed by atoms with Crippen molar-refractivity contribution in [3.05, 3.63) is 70.1 Å². The molecule has 0 saturated heterocycles. The molecule has 2 aromatic rings. The third kappa shape index (κ3) is 5.72. The highest BCUT2D eigenvalue weighted by Crippen LogP contribution is 2.41. The second-order valence-corrected chi connectivity index (χ2v) is 7.90. The molecular weight excluding hydrogens is 392 g/mol. The summed E-state index contributed by atoms with van der Waals surface area (Å²) < 4.78 is 0. The molecule has 1 aromatic heterocycles. The molecule has 1 aliphatic rings. The van der Waals surface area contributed by atoms with E-state index < -0.39 is 0 Å². The van der Waals surface area contributed by atoms with Crippen molar-refractivity contribution >= 4 is 11.9 Å². The summed E-state index contributed by atoms with van der Waals surface area (Å²) in [5.74, 6) is 0.751. The van der Waals surface area contributed by atoms with Gasteiger partial charge in [-0.05, 0) is 43.2 Å². The second-order valence-electron chi connectivity index (χ2n) is 7.90. The lowest BCUT2D eigenvalue weighted by Crippen LogP contribution is -2.45. The molecule has 0 unspecified atom stereocenters. The average Bonchev–Trinajstić information content (AvgIpc) is 2.82. The number of H-pyrrole nitrogens is 1. The maximum atomic E-state index is 12.6. The van der Waals surface area contributed by atoms with Gasteiger partial charge in [0.2, 0.25) is 11.5 Å². The molecule has 0 bridgehead atoms. The largest absolute Gasteiger partial charge is 0.355 e. The summed E-state index contributed by atoms with van der Waals surface area (Å²) in [5.41, 5.74) is 1.30. The molecule has 8 heteroatoms. The number of nitriles is 1. The molecular formula is C23H28N6O2. The number of aromatic amines is 1. The summed E-state index contributed by atoms with van der Waals surface area (Å²) in [7, 11) is 1.64. The number of rotatable bonds is 6. The molecule has 1 amide bonds. The molecule has 162 valence electrons. The summed E-state index contributed by atoms with van der Waals surface area (Å²) in [6, 6.07) is 13.2. The Morgan fingerprint density at radius 1 is 1.19 bits per heavy atom. The fourth-order valence-electron chi connectivity index (χ4n) is 4.17. The Morgan fingerprint density at radius 2 is 1.94 bits per heavy atom. The second kappa shape index (κ2) is 10.4. The molecule has 1 aromatic carbocycles. The average molecular weight is 421 g/mol. The number of hydrogen-bond acceptors (Lipinski definition) is 4. The van der Waals surface area contributed by atoms with E-state index in [1.165, 1.54) is 23.9 Å². The Kier molecular flexibility index (Phi) is 7.44. The molecule has 1 aliphatic carbocycles. The first-order valence-electron chi connectivity index (χ1n) is 10.4. The van der Waals surface area contributed by atoms with Gasteiger partial charge < -0.3 is 15.6 Å². The molecule has 31 heavy (non-hydrogen) atoms. The molecule has 0 radical (unpaired) electrons. The number of carbonyl (C=O) groups is 1. The Morgan fingerprint density at radius 3 is 2.55 bits per heavy atom. The zero-order chi connectivity index (χ0) is 22.1. The minimum atomic E-state index is -0.231. The van der Waals surface area contributed by atoms with E-state index in [0.717, 1.165) is 32.2 Å². The van der Waals surface area contributed by atoms with E-state index in [1.807, 2.05) is 24.4 Å². The summed E-state index contributed by atoms with van der Waals surface area (Å²) in [5, 5.41) is 17.6. The van der Waals surface area contributed by atoms with Crippen molar-refractivity contribution in [3.8, 4) is 6.19 Å². The van der Waals surface area contributed by atoms with Crippen LogP contribution >= 0.6 is 0 Å². The first-order chi connectivity index (χ1) is 15.1. The van der Waals surface area contributed by atoms with Gasteiger partial charge in [0.1, 0.15) is 0 Å². The van der Waals surface area contributed by atoms with Crippen molar-refractivity contribution < 1.29 is 4.79 Å². The monoisotopic (exact) mass is 420 g/mol. The quantitative estimate of drug-likeness (QED) is 0.246. The number of benzene rings is 1. The first kappa shape index (κ1) is 22.1. The number of carbonyl (C=O) groups excluding carboxylic acids is 1. The summed E-state index contributed by atoms with van der Waals surface area (Å²) in [6.45, 7) is 1.28. The number of hydrogen-bond donors (Lipinski definition) is 4. The minimum absolute atomic E-state index is 0.137. The van der Waals surface area contributed by atoms with Gasteiger partial charge in [-0.3, -0.25) is 19.9 Å². The zero-order valence-corrected chi connectivity index (χ0v) is 17.6. The normalized spacial score (nSPS) is 21.0. The maximum Gasteiger partial charge on any atom is 0.252 e. The van der Waals surface area contributed by atoms with E-state index in [-0.39, 0.29) is 16.9 Å². The molecule has 8 nitrogen and oxygen atoms in total. The zero-order valence-electron chi connectivity index (χ0n) is 17.6. The highest BCUT2D eigenvalue weighted by Gasteiger charge is 2.37. The van der Waals surface area contributed by atoms with Crippen LogP contribution in [0.25, 0.3) is 0 Å². The van der Waals surface area contributed by atoms with Crippen molar-refractivity contribution in [2.45, 2.75) is 31.1 Å². The van der Waals surface area contributed by atoms with Crippen LogP contribution in [0.2, 0.25) is 0 Å². The Balaban J connectivity index is 1.66. The van der Waals surface area contributed by atoms with Gasteiger partial charge in [-0.1, -0.05) is 30.3 Å². The molecule has 3 rings (SSSR count). The van der Waals surface area contributed by atoms with E-state index in [9.17, 15) is 9.59 Å². The lowest BCUT2D eigenvalue weighted by Gasteiger charge is -2.41. The van der Waals surface area contributed by atoms with Gasteiger partial charge in [0.15, 0.2) is 6.19 Å². The maximum absolute atomic E-state index is 12.6. The van der Waals surface area contributed by atoms with Crippen molar-refractivity contribution in [2.75, 3.05) is 20.1 Å². The molecule has 1 saturated carbocycles. The van der Waals surface area contributed by atoms with E-state index in [2.05, 4.69) is 38.1 Å². The minimum Gasteiger partial charge on any atom is -0.355 e. The van der Waals surface area contributed by atoms with Crippen molar-refractivity contribution in [1.29, 1.82) is 5.26 Å². The number of nitrogens with zero attached hydrogens (tertiary/aromatic N) is 2. The van der Waals surface area contributed by atoms with E-state index >= 15 is 0 Å². The van der Waals surface area contributed by atoms with Crippen molar-refractivity contribution in [3.63, 3.8) is 0 Å². The highest BCUT2D eigenvalue weighted by atomic mass is 16.1. The van der Waals surface area contributed by atoms with Gasteiger partial charge in [0, 0.05) is 37.8 Å². The molecule has 0 spiro atoms. The fraction of sp³-hybridized carbons (Fsp3) is 0.391. The van der Waals surface area contributed by atoms with E-state index in [1.54, 1.807) is 7.05 Å². The van der Waals surface area contributed by atoms with Crippen LogP contribution in [0.4, 0.5) is 0 Å². The lowest BCUT2D eigenvalue weighted by molar-refractivity contribution is 0.0932. The number of aliphatic imine (C=N–C) groups is 1. The van der Waals surface area contributed by atoms with Crippen LogP contribution in [-0.4, -0.2) is 37.0 Å². The number of guanidine groups is 1. The first-order valence-corrected chi connectivity index (χ1v) is 10.4. The molecule has 1 fully saturated rings. The van der Waals surface area contributed by atoms with Gasteiger partial charge in [-0.2, -0.15) is 5.26 Å². The van der Waals surface area contributed by atoms with Crippen LogP contribution in [-0.2, 0) is 5.41 Å². The van der Waals surface area contributed by atoms with Crippen LogP contribution in [0.3, 0.4) is 0 Å². The molecule has 1 heterocycles. The van der Waals surface area contributed by atoms with Gasteiger partial charge in [0.25, 0.3) is 5.91 Å². The van der Waals surface area contributed by atoms with Gasteiger partial charge in [0.05, 0.1) is 5.56 Å². The van der Waals surface area contributed by atoms with Crippen molar-refractivity contribution in [2.24, 2.45) is 10.9 Å². The number of nitrogens with one attached hydrogen (secondary N) is 4. The smallest absolute Gasteiger partial charge is 0.252 e. The van der Waals surface area contributed by atoms with Crippen LogP contribution in [0.5, 0.6) is 0 Å². The summed E-state index contributed by atoms with van der Waals surface area (Å²) in [6.07, 6.45) is 7.21. The number of amides is 1. The SMILES string of the molecule is CN=C(NC#N)NCC1CCC(CNC(=O)c2ccc(=O)[nH]c2)(c2ccccc2)CC1. The molecule has 4 N–H and O–H groups in total. The van der Waals surface area contributed by atoms with Gasteiger partial charge >= 0.3 is 0 Å². The van der Waals surface area contributed by atoms with Crippen LogP contribution in [0.1, 0.15) is 41.6 Å². The summed E-state index contributed by atoms with van der Waals surface area (Å²) >= 11 is 0. The standard InChI is InChI=1S/C23H28N6O2/c1-25-22(29-16-24)27-13-17-9-11-23(12-10-17,19-5-3-2-4-6-19)15-28-21(31)18-7-8-20(30)26-14-18/h2-8,14,17H,9-13,15H2,1H3,(H,26,30)(H,28,31)(H2,25,27,29). The molecule has 0 atom stereocenters. The predicted molar refractivity (Wildman–Crippen MR) is 120 cm³/mol. The van der Waals surface area contributed by atoms with Crippen LogP contribution in [0.15, 0.2) is 58.4 Å². The summed E-state index contributed by atoms with van der Waals surface area (Å²) in [4.78, 5) is 30.4. The predicted octanol–water partition coefficient (Wildman–Crippen LogP) is 1.88. The van der Waals surface area contributed by atoms with Crippen LogP contribution in [0, 0.1) is 17.4 Å². The van der Waals surface area contributed by atoms with Gasteiger partial charge in [-0.25, -0.2) is 0 Å². The molecule has 0 aliphatic heterocycles. The Labute approximate surface area is 181 Å². The topological polar surface area (TPSA) is 122 Å². The Bertz CT molecular complexity index is 980. The lowest BCUT2D eigenvalue weighted by atomic mass is 9.66. The van der Waals surface area contributed by atoms with Crippen molar-refractivity contribution in [1.82, 2.24) is 20.9 Å². The Hall–Kier alpha value is -3.60. The van der Waals surface area contributed by atoms with E-state index in [0.29, 0.717) is 24.0 Å². The highest BCUT2D eigenvalue weighted by molar-refractivity contribution is 5.93. The fourth-order valence-corrected chi connectivity index (χ4v) is 4.17.